The Kier molecular flexibility index (Phi) is 6.17. The fourth-order valence-corrected chi connectivity index (χ4v) is 3.25. The molecule has 0 saturated heterocycles. The number of aliphatic hydroxyl groups excluding tert-OH is 1. The zero-order valence-corrected chi connectivity index (χ0v) is 16.9. The lowest BCUT2D eigenvalue weighted by atomic mass is 10.0. The van der Waals surface area contributed by atoms with E-state index in [0.29, 0.717) is 18.7 Å². The molecule has 5 nitrogen and oxygen atoms in total. The average Bonchev–Trinajstić information content (AvgIpc) is 2.67. The Morgan fingerprint density at radius 1 is 1.07 bits per heavy atom. The fourth-order valence-electron chi connectivity index (χ4n) is 3.25. The second-order valence-corrected chi connectivity index (χ2v) is 7.41. The lowest BCUT2D eigenvalue weighted by Crippen LogP contribution is -2.32. The summed E-state index contributed by atoms with van der Waals surface area (Å²) >= 11 is 0. The Bertz CT molecular complexity index is 1040. The molecule has 0 aliphatic heterocycles. The first kappa shape index (κ1) is 20.1. The maximum atomic E-state index is 12.4. The molecule has 3 N–H and O–H groups in total. The Balaban J connectivity index is 1.59. The van der Waals surface area contributed by atoms with E-state index in [9.17, 15) is 9.90 Å². The second kappa shape index (κ2) is 8.59. The quantitative estimate of drug-likeness (QED) is 0.588. The van der Waals surface area contributed by atoms with Gasteiger partial charge in [-0.2, -0.15) is 0 Å². The van der Waals surface area contributed by atoms with Gasteiger partial charge in [0, 0.05) is 24.0 Å². The number of aromatic nitrogens is 1. The van der Waals surface area contributed by atoms with Crippen molar-refractivity contribution in [2.45, 2.75) is 40.3 Å². The van der Waals surface area contributed by atoms with Crippen molar-refractivity contribution in [1.82, 2.24) is 10.3 Å². The van der Waals surface area contributed by atoms with Crippen LogP contribution < -0.4 is 15.6 Å². The summed E-state index contributed by atoms with van der Waals surface area (Å²) < 4.78 is 5.73. The lowest BCUT2D eigenvalue weighted by molar-refractivity contribution is 0.106. The smallest absolute Gasteiger partial charge is 0.252 e. The van der Waals surface area contributed by atoms with Crippen molar-refractivity contribution in [3.63, 3.8) is 0 Å². The number of pyridine rings is 1. The van der Waals surface area contributed by atoms with Gasteiger partial charge in [0.25, 0.3) is 5.56 Å². The third-order valence-electron chi connectivity index (χ3n) is 5.20. The van der Waals surface area contributed by atoms with E-state index in [-0.39, 0.29) is 12.2 Å². The summed E-state index contributed by atoms with van der Waals surface area (Å²) in [6, 6.07) is 11.9. The topological polar surface area (TPSA) is 74.3 Å². The Morgan fingerprint density at radius 3 is 2.61 bits per heavy atom. The fraction of sp³-hybridized carbons (Fsp3) is 0.348. The van der Waals surface area contributed by atoms with Crippen LogP contribution in [0.25, 0.3) is 10.9 Å². The minimum atomic E-state index is -0.663. The van der Waals surface area contributed by atoms with Crippen LogP contribution in [0.1, 0.15) is 27.8 Å². The van der Waals surface area contributed by atoms with Gasteiger partial charge >= 0.3 is 0 Å². The Morgan fingerprint density at radius 2 is 1.82 bits per heavy atom. The van der Waals surface area contributed by atoms with Gasteiger partial charge in [0.1, 0.15) is 18.5 Å². The number of benzene rings is 2. The van der Waals surface area contributed by atoms with Crippen LogP contribution in [0.3, 0.4) is 0 Å². The molecule has 28 heavy (non-hydrogen) atoms. The highest BCUT2D eigenvalue weighted by atomic mass is 16.5. The molecule has 0 aliphatic carbocycles. The van der Waals surface area contributed by atoms with Crippen molar-refractivity contribution >= 4 is 10.9 Å². The molecule has 0 aliphatic rings. The normalized spacial score (nSPS) is 12.3. The highest BCUT2D eigenvalue weighted by Crippen LogP contribution is 2.21. The van der Waals surface area contributed by atoms with E-state index in [1.165, 1.54) is 0 Å². The number of aromatic amines is 1. The summed E-state index contributed by atoms with van der Waals surface area (Å²) in [5, 5.41) is 14.4. The van der Waals surface area contributed by atoms with Gasteiger partial charge in [-0.25, -0.2) is 0 Å². The molecule has 148 valence electrons. The zero-order valence-electron chi connectivity index (χ0n) is 16.9. The first-order chi connectivity index (χ1) is 13.4. The Labute approximate surface area is 165 Å². The molecule has 0 radical (unpaired) electrons. The monoisotopic (exact) mass is 380 g/mol. The van der Waals surface area contributed by atoms with E-state index in [4.69, 9.17) is 4.74 Å². The van der Waals surface area contributed by atoms with Crippen LogP contribution in [0.15, 0.2) is 41.2 Å². The van der Waals surface area contributed by atoms with E-state index in [2.05, 4.69) is 16.4 Å². The third kappa shape index (κ3) is 4.43. The van der Waals surface area contributed by atoms with E-state index in [0.717, 1.165) is 38.9 Å². The highest BCUT2D eigenvalue weighted by Gasteiger charge is 2.10. The number of hydrogen-bond donors (Lipinski definition) is 3. The molecule has 2 aromatic carbocycles. The van der Waals surface area contributed by atoms with Gasteiger partial charge < -0.3 is 20.1 Å². The van der Waals surface area contributed by atoms with E-state index < -0.39 is 6.10 Å². The summed E-state index contributed by atoms with van der Waals surface area (Å²) in [6.07, 6.45) is -0.663. The number of H-pyrrole nitrogens is 1. The van der Waals surface area contributed by atoms with Crippen molar-refractivity contribution in [2.24, 2.45) is 0 Å². The van der Waals surface area contributed by atoms with Crippen molar-refractivity contribution < 1.29 is 9.84 Å². The maximum Gasteiger partial charge on any atom is 0.252 e. The molecule has 0 unspecified atom stereocenters. The number of nitrogens with one attached hydrogen (secondary N) is 2. The maximum absolute atomic E-state index is 12.4. The number of aliphatic hydroxyl groups is 1. The molecule has 0 spiro atoms. The standard InChI is InChI=1S/C23H28N2O3/c1-14-6-5-7-21(17(14)4)28-13-19(26)12-24-11-18-10-20-15(2)8-9-16(3)22(20)25-23(18)27/h5-10,19,24,26H,11-13H2,1-4H3,(H,25,27)/t19-/m1/s1. The average molecular weight is 380 g/mol. The van der Waals surface area contributed by atoms with Crippen molar-refractivity contribution in [3.8, 4) is 5.75 Å². The number of aryl methyl sites for hydroxylation is 3. The minimum Gasteiger partial charge on any atom is -0.491 e. The van der Waals surface area contributed by atoms with E-state index in [1.54, 1.807) is 0 Å². The van der Waals surface area contributed by atoms with Gasteiger partial charge in [0.2, 0.25) is 0 Å². The molecule has 0 saturated carbocycles. The first-order valence-electron chi connectivity index (χ1n) is 9.56. The summed E-state index contributed by atoms with van der Waals surface area (Å²) in [5.41, 5.74) is 5.85. The summed E-state index contributed by atoms with van der Waals surface area (Å²) in [4.78, 5) is 15.4. The summed E-state index contributed by atoms with van der Waals surface area (Å²) in [7, 11) is 0. The zero-order chi connectivity index (χ0) is 20.3. The summed E-state index contributed by atoms with van der Waals surface area (Å²) in [6.45, 7) is 8.99. The van der Waals surface area contributed by atoms with Crippen molar-refractivity contribution in [2.75, 3.05) is 13.2 Å². The van der Waals surface area contributed by atoms with Gasteiger partial charge in [-0.3, -0.25) is 4.79 Å². The van der Waals surface area contributed by atoms with Crippen LogP contribution in [-0.4, -0.2) is 29.3 Å². The number of fused-ring (bicyclic) bond motifs is 1. The van der Waals surface area contributed by atoms with Crippen LogP contribution in [0.5, 0.6) is 5.75 Å². The van der Waals surface area contributed by atoms with Crippen LogP contribution in [0, 0.1) is 27.7 Å². The van der Waals surface area contributed by atoms with Gasteiger partial charge in [0.15, 0.2) is 0 Å². The number of hydrogen-bond acceptors (Lipinski definition) is 4. The summed E-state index contributed by atoms with van der Waals surface area (Å²) in [5.74, 6) is 0.788. The first-order valence-corrected chi connectivity index (χ1v) is 9.56. The molecule has 3 rings (SSSR count). The van der Waals surface area contributed by atoms with Crippen LogP contribution in [-0.2, 0) is 6.54 Å². The predicted octanol–water partition coefficient (Wildman–Crippen LogP) is 3.29. The van der Waals surface area contributed by atoms with Crippen LogP contribution in [0.4, 0.5) is 0 Å². The minimum absolute atomic E-state index is 0.102. The number of ether oxygens (including phenoxy) is 1. The van der Waals surface area contributed by atoms with Crippen molar-refractivity contribution in [1.29, 1.82) is 0 Å². The van der Waals surface area contributed by atoms with E-state index >= 15 is 0 Å². The van der Waals surface area contributed by atoms with Crippen molar-refractivity contribution in [3.05, 3.63) is 74.6 Å². The largest absolute Gasteiger partial charge is 0.491 e. The molecule has 1 heterocycles. The molecular formula is C23H28N2O3. The Hall–Kier alpha value is -2.63. The number of rotatable bonds is 7. The van der Waals surface area contributed by atoms with Crippen LogP contribution >= 0.6 is 0 Å². The van der Waals surface area contributed by atoms with Gasteiger partial charge in [0.05, 0.1) is 5.52 Å². The molecule has 5 heteroatoms. The molecule has 1 aromatic heterocycles. The molecule has 0 bridgehead atoms. The second-order valence-electron chi connectivity index (χ2n) is 7.41. The molecule has 1 atom stereocenters. The van der Waals surface area contributed by atoms with Crippen LogP contribution in [0.2, 0.25) is 0 Å². The van der Waals surface area contributed by atoms with Gasteiger partial charge in [-0.15, -0.1) is 0 Å². The molecular weight excluding hydrogens is 352 g/mol. The van der Waals surface area contributed by atoms with Gasteiger partial charge in [-0.1, -0.05) is 24.3 Å². The highest BCUT2D eigenvalue weighted by molar-refractivity contribution is 5.85. The molecule has 0 amide bonds. The molecule has 0 fully saturated rings. The lowest BCUT2D eigenvalue weighted by Gasteiger charge is -2.15. The molecule has 3 aromatic rings. The predicted molar refractivity (Wildman–Crippen MR) is 113 cm³/mol. The SMILES string of the molecule is Cc1cccc(OC[C@H](O)CNCc2cc3c(C)ccc(C)c3[nH]c2=O)c1C. The van der Waals surface area contributed by atoms with Gasteiger partial charge in [-0.05, 0) is 62.1 Å². The van der Waals surface area contributed by atoms with E-state index in [1.807, 2.05) is 58.0 Å². The third-order valence-corrected chi connectivity index (χ3v) is 5.20.